The van der Waals surface area contributed by atoms with E-state index >= 15 is 0 Å². The van der Waals surface area contributed by atoms with Crippen LogP contribution >= 0.6 is 0 Å². The minimum Gasteiger partial charge on any atom is -0.303 e. The van der Waals surface area contributed by atoms with Crippen LogP contribution in [0, 0.1) is 0 Å². The highest BCUT2D eigenvalue weighted by Gasteiger charge is 2.05. The maximum atomic E-state index is 2.86. The first-order valence-corrected chi connectivity index (χ1v) is 26.0. The van der Waals surface area contributed by atoms with E-state index in [4.69, 9.17) is 0 Å². The molecule has 0 rings (SSSR count). The Morgan fingerprint density at radius 1 is 0.214 bits per heavy atom. The van der Waals surface area contributed by atoms with E-state index in [1.165, 1.54) is 289 Å². The van der Waals surface area contributed by atoms with Gasteiger partial charge in [0.2, 0.25) is 0 Å². The van der Waals surface area contributed by atoms with Crippen LogP contribution in [0.3, 0.4) is 0 Å². The molecule has 0 aromatic carbocycles. The van der Waals surface area contributed by atoms with E-state index in [2.05, 4.69) is 62.1 Å². The quantitative estimate of drug-likeness (QED) is 0.0438. The Bertz CT molecular complexity index is 656. The summed E-state index contributed by atoms with van der Waals surface area (Å²) in [5.74, 6) is 0. The van der Waals surface area contributed by atoms with E-state index < -0.39 is 0 Å². The summed E-state index contributed by atoms with van der Waals surface area (Å²) >= 11 is 0. The molecule has 0 aromatic rings. The second-order valence-corrected chi connectivity index (χ2v) is 17.7. The monoisotopic (exact) mass is 788 g/mol. The Kier molecular flexibility index (Phi) is 55.3. The van der Waals surface area contributed by atoms with Crippen molar-refractivity contribution in [3.05, 3.63) is 36.5 Å². The van der Waals surface area contributed by atoms with Crippen LogP contribution < -0.4 is 0 Å². The fraction of sp³-hybridized carbons (Fsp3) is 0.889. The van der Waals surface area contributed by atoms with Gasteiger partial charge >= 0.3 is 0 Å². The largest absolute Gasteiger partial charge is 0.303 e. The van der Waals surface area contributed by atoms with Crippen molar-refractivity contribution >= 4 is 0 Å². The smallest absolute Gasteiger partial charge is 0.00187 e. The lowest BCUT2D eigenvalue weighted by molar-refractivity contribution is 0.254. The molecule has 2 heteroatoms. The number of hydrogen-bond donors (Lipinski definition) is 0. The fourth-order valence-electron chi connectivity index (χ4n) is 8.08. The summed E-state index contributed by atoms with van der Waals surface area (Å²) in [6.07, 6.45) is 73.7. The molecule has 0 bridgehead atoms. The zero-order valence-electron chi connectivity index (χ0n) is 39.1. The van der Waals surface area contributed by atoms with Crippen LogP contribution in [0.15, 0.2) is 36.5 Å². The highest BCUT2D eigenvalue weighted by Crippen LogP contribution is 2.15. The lowest BCUT2D eigenvalue weighted by atomic mass is 10.1. The van der Waals surface area contributed by atoms with Gasteiger partial charge in [0.25, 0.3) is 0 Å². The van der Waals surface area contributed by atoms with Crippen LogP contribution in [0.5, 0.6) is 0 Å². The van der Waals surface area contributed by atoms with E-state index in [1.807, 2.05) is 0 Å². The molecule has 0 N–H and O–H groups in total. The van der Waals surface area contributed by atoms with Crippen LogP contribution in [-0.4, -0.2) is 24.5 Å². The number of hydrogen-bond acceptors (Lipinski definition) is 1. The summed E-state index contributed by atoms with van der Waals surface area (Å²) in [5.41, 5.74) is 0. The van der Waals surface area contributed by atoms with Gasteiger partial charge in [-0.15, -0.1) is 0 Å². The van der Waals surface area contributed by atoms with Gasteiger partial charge in [0, 0.05) is 0 Å². The Labute approximate surface area is 355 Å². The predicted molar refractivity (Wildman–Crippen MR) is 257 cm³/mol. The maximum absolute atomic E-state index is 2.86. The molecule has 0 amide bonds. The molecule has 0 heterocycles. The number of rotatable bonds is 48. The van der Waals surface area contributed by atoms with E-state index in [9.17, 15) is 0 Å². The van der Waals surface area contributed by atoms with Gasteiger partial charge in [0.1, 0.15) is 0 Å². The van der Waals surface area contributed by atoms with Crippen molar-refractivity contribution in [3.63, 3.8) is 0 Å². The van der Waals surface area contributed by atoms with E-state index in [1.54, 1.807) is 0 Å². The summed E-state index contributed by atoms with van der Waals surface area (Å²) < 4.78 is 0. The third kappa shape index (κ3) is 51.1. The fourth-order valence-corrected chi connectivity index (χ4v) is 8.08. The van der Waals surface area contributed by atoms with Gasteiger partial charge in [-0.2, -0.15) is 0 Å². The molecule has 0 aliphatic rings. The summed E-state index contributed by atoms with van der Waals surface area (Å²) in [7, 11) is 0. The first-order valence-electron chi connectivity index (χ1n) is 26.0. The number of halogens is 1. The molecular weight excluding hydrogens is 682 g/mol. The van der Waals surface area contributed by atoms with E-state index in [-0.39, 0.29) is 4.70 Å². The zero-order chi connectivity index (χ0) is 39.6. The maximum Gasteiger partial charge on any atom is -0.00187 e. The van der Waals surface area contributed by atoms with Gasteiger partial charge in [-0.25, -0.2) is 0 Å². The SMILES string of the molecule is CCCCCCCCC=CCCCCCCCCN(CCCCCCCCC=CCCCCCCCC)CCCCCCCCC=CCCCCCCCC.F. The van der Waals surface area contributed by atoms with Gasteiger partial charge in [-0.1, -0.05) is 231 Å². The Balaban J connectivity index is 0. The summed E-state index contributed by atoms with van der Waals surface area (Å²) in [5, 5.41) is 0. The molecule has 0 saturated heterocycles. The molecule has 56 heavy (non-hydrogen) atoms. The molecule has 0 fully saturated rings. The molecule has 0 radical (unpaired) electrons. The summed E-state index contributed by atoms with van der Waals surface area (Å²) in [6.45, 7) is 11.0. The molecular formula is C54H106FN. The van der Waals surface area contributed by atoms with Crippen LogP contribution in [0.4, 0.5) is 4.70 Å². The molecule has 0 unspecified atom stereocenters. The van der Waals surface area contributed by atoms with Crippen LogP contribution in [0.2, 0.25) is 0 Å². The topological polar surface area (TPSA) is 3.24 Å². The Morgan fingerprint density at radius 3 is 0.571 bits per heavy atom. The molecule has 0 aromatic heterocycles. The minimum absolute atomic E-state index is 0. The van der Waals surface area contributed by atoms with Crippen molar-refractivity contribution in [3.8, 4) is 0 Å². The first-order chi connectivity index (χ1) is 27.3. The third-order valence-electron chi connectivity index (χ3n) is 12.0. The lowest BCUT2D eigenvalue weighted by Crippen LogP contribution is -2.27. The molecule has 334 valence electrons. The van der Waals surface area contributed by atoms with Crippen molar-refractivity contribution in [1.82, 2.24) is 4.90 Å². The highest BCUT2D eigenvalue weighted by atomic mass is 19.0. The first kappa shape index (κ1) is 57.2. The average Bonchev–Trinajstić information content (AvgIpc) is 3.20. The zero-order valence-corrected chi connectivity index (χ0v) is 39.1. The van der Waals surface area contributed by atoms with Crippen molar-refractivity contribution in [2.45, 2.75) is 290 Å². The second kappa shape index (κ2) is 54.1. The molecule has 0 saturated carbocycles. The van der Waals surface area contributed by atoms with Crippen molar-refractivity contribution < 1.29 is 4.70 Å². The lowest BCUT2D eigenvalue weighted by Gasteiger charge is -2.22. The Hall–Kier alpha value is -0.890. The Morgan fingerprint density at radius 2 is 0.375 bits per heavy atom. The predicted octanol–water partition coefficient (Wildman–Crippen LogP) is 19.6. The molecule has 0 atom stereocenters. The van der Waals surface area contributed by atoms with Gasteiger partial charge in [0.05, 0.1) is 0 Å². The highest BCUT2D eigenvalue weighted by molar-refractivity contribution is 4.82. The van der Waals surface area contributed by atoms with Crippen molar-refractivity contribution in [2.24, 2.45) is 0 Å². The normalized spacial score (nSPS) is 12.0. The second-order valence-electron chi connectivity index (χ2n) is 17.7. The van der Waals surface area contributed by atoms with Gasteiger partial charge in [0.15, 0.2) is 0 Å². The van der Waals surface area contributed by atoms with Gasteiger partial charge in [-0.3, -0.25) is 4.70 Å². The van der Waals surface area contributed by atoms with Gasteiger partial charge < -0.3 is 4.90 Å². The van der Waals surface area contributed by atoms with Gasteiger partial charge in [-0.05, 0) is 116 Å². The van der Waals surface area contributed by atoms with Crippen LogP contribution in [-0.2, 0) is 0 Å². The number of unbranched alkanes of at least 4 members (excludes halogenated alkanes) is 36. The minimum atomic E-state index is 0. The van der Waals surface area contributed by atoms with Crippen molar-refractivity contribution in [1.29, 1.82) is 0 Å². The van der Waals surface area contributed by atoms with Crippen molar-refractivity contribution in [2.75, 3.05) is 19.6 Å². The third-order valence-corrected chi connectivity index (χ3v) is 12.0. The molecule has 0 spiro atoms. The standard InChI is InChI=1S/C54H105N.FH/c1-4-7-10-13-16-19-22-25-28-31-34-37-40-43-46-49-52-55(53-50-47-44-41-38-35-32-29-26-23-20-17-14-11-8-5-2)54-51-48-45-42-39-36-33-30-27-24-21-18-15-12-9-6-3;/h25-30H,4-24,31-54H2,1-3H3;1H. The molecule has 1 nitrogen and oxygen atoms in total. The molecule has 0 aliphatic carbocycles. The van der Waals surface area contributed by atoms with E-state index in [0.29, 0.717) is 0 Å². The number of allylic oxidation sites excluding steroid dienone is 6. The van der Waals surface area contributed by atoms with Crippen LogP contribution in [0.1, 0.15) is 290 Å². The number of nitrogens with zero attached hydrogens (tertiary/aromatic N) is 1. The molecule has 0 aliphatic heterocycles. The average molecular weight is 788 g/mol. The summed E-state index contributed by atoms with van der Waals surface area (Å²) in [6, 6.07) is 0. The summed E-state index contributed by atoms with van der Waals surface area (Å²) in [4.78, 5) is 2.86. The van der Waals surface area contributed by atoms with E-state index in [0.717, 1.165) is 0 Å². The van der Waals surface area contributed by atoms with Crippen LogP contribution in [0.25, 0.3) is 0 Å².